The van der Waals surface area contributed by atoms with Gasteiger partial charge in [-0.1, -0.05) is 0 Å². The van der Waals surface area contributed by atoms with Gasteiger partial charge in [0.2, 0.25) is 0 Å². The van der Waals surface area contributed by atoms with E-state index in [1.54, 1.807) is 0 Å². The molecule has 4 nitrogen and oxygen atoms in total. The van der Waals surface area contributed by atoms with E-state index in [4.69, 9.17) is 5.73 Å². The molecule has 0 aromatic heterocycles. The van der Waals surface area contributed by atoms with E-state index in [0.717, 1.165) is 18.6 Å². The topological polar surface area (TPSA) is 67.5 Å². The van der Waals surface area contributed by atoms with Crippen LogP contribution in [0.1, 0.15) is 33.6 Å². The first-order valence-electron chi connectivity index (χ1n) is 7.58. The third kappa shape index (κ3) is 4.21. The van der Waals surface area contributed by atoms with E-state index in [1.807, 2.05) is 12.1 Å². The van der Waals surface area contributed by atoms with Crippen molar-refractivity contribution in [3.8, 4) is 0 Å². The molecule has 0 radical (unpaired) electrons. The third-order valence-corrected chi connectivity index (χ3v) is 7.06. The average molecular weight is 372 g/mol. The molecular formula is C18H19N3OSe. The van der Waals surface area contributed by atoms with Crippen LogP contribution in [0.25, 0.3) is 0 Å². The zero-order valence-corrected chi connectivity index (χ0v) is 14.4. The van der Waals surface area contributed by atoms with E-state index in [-0.39, 0.29) is 0 Å². The van der Waals surface area contributed by atoms with Crippen LogP contribution in [0, 0.1) is 0 Å². The fourth-order valence-corrected chi connectivity index (χ4v) is 6.12. The number of hydrogen-bond donors (Lipinski definition) is 2. The van der Waals surface area contributed by atoms with Gasteiger partial charge in [0.25, 0.3) is 0 Å². The molecule has 0 spiro atoms. The van der Waals surface area contributed by atoms with Crippen LogP contribution in [0.4, 0.5) is 4.79 Å². The van der Waals surface area contributed by atoms with Crippen LogP contribution in [0.15, 0.2) is 65.8 Å². The number of nitrogens with one attached hydrogen (secondary N) is 1. The van der Waals surface area contributed by atoms with Crippen LogP contribution >= 0.6 is 0 Å². The summed E-state index contributed by atoms with van der Waals surface area (Å²) >= 11 is 0.439. The van der Waals surface area contributed by atoms with Gasteiger partial charge in [0.15, 0.2) is 0 Å². The molecule has 1 aliphatic heterocycles. The van der Waals surface area contributed by atoms with Crippen molar-refractivity contribution in [2.24, 2.45) is 10.8 Å². The standard InChI is InChI=1S/C18H19N3OSe/c19-18(22)21-20-15-11-16(13-7-3-1-4-8-13)23-17(12-15)14-9-5-2-6-10-14/h1-10,16-17H,11-12H2,(H3,19,21,22)/t16-,17+. The van der Waals surface area contributed by atoms with Crippen molar-refractivity contribution in [3.63, 3.8) is 0 Å². The Morgan fingerprint density at radius 2 is 1.43 bits per heavy atom. The number of carbonyl (C=O) groups excluding carboxylic acids is 1. The summed E-state index contributed by atoms with van der Waals surface area (Å²) in [5, 5.41) is 4.24. The second-order valence-electron chi connectivity index (χ2n) is 5.50. The Balaban J connectivity index is 1.86. The van der Waals surface area contributed by atoms with Crippen LogP contribution in [0.3, 0.4) is 0 Å². The summed E-state index contributed by atoms with van der Waals surface area (Å²) in [5.74, 6) is 0. The van der Waals surface area contributed by atoms with Gasteiger partial charge in [0, 0.05) is 0 Å². The Morgan fingerprint density at radius 1 is 0.957 bits per heavy atom. The zero-order valence-electron chi connectivity index (χ0n) is 12.7. The summed E-state index contributed by atoms with van der Waals surface area (Å²) in [4.78, 5) is 11.9. The summed E-state index contributed by atoms with van der Waals surface area (Å²) in [6.45, 7) is 0. The molecule has 23 heavy (non-hydrogen) atoms. The number of rotatable bonds is 3. The van der Waals surface area contributed by atoms with Crippen molar-refractivity contribution >= 4 is 26.7 Å². The number of benzene rings is 2. The SMILES string of the molecule is NC(=O)NN=C1C[C@@H](c2ccccc2)[Se][C@@H](c2ccccc2)C1. The summed E-state index contributed by atoms with van der Waals surface area (Å²) in [7, 11) is 0. The molecule has 1 fully saturated rings. The minimum absolute atomic E-state index is 0.439. The van der Waals surface area contributed by atoms with Crippen LogP contribution in [0.2, 0.25) is 0 Å². The predicted octanol–water partition coefficient (Wildman–Crippen LogP) is 2.99. The molecule has 2 atom stereocenters. The molecule has 0 saturated carbocycles. The van der Waals surface area contributed by atoms with Gasteiger partial charge in [0.05, 0.1) is 0 Å². The Kier molecular flexibility index (Phi) is 5.11. The summed E-state index contributed by atoms with van der Waals surface area (Å²) in [6.07, 6.45) is 1.77. The molecule has 1 saturated heterocycles. The van der Waals surface area contributed by atoms with Crippen LogP contribution in [-0.4, -0.2) is 26.7 Å². The van der Waals surface area contributed by atoms with E-state index >= 15 is 0 Å². The molecule has 0 unspecified atom stereocenters. The molecule has 3 N–H and O–H groups in total. The first-order valence-corrected chi connectivity index (χ1v) is 9.56. The van der Waals surface area contributed by atoms with Gasteiger partial charge in [0.1, 0.15) is 0 Å². The fraction of sp³-hybridized carbons (Fsp3) is 0.222. The molecule has 0 bridgehead atoms. The Labute approximate surface area is 142 Å². The molecule has 2 amide bonds. The van der Waals surface area contributed by atoms with Crippen molar-refractivity contribution in [2.45, 2.75) is 22.5 Å². The number of hydrogen-bond acceptors (Lipinski definition) is 2. The molecule has 1 aliphatic rings. The number of hydrazone groups is 1. The fourth-order valence-electron chi connectivity index (χ4n) is 2.76. The van der Waals surface area contributed by atoms with E-state index in [2.05, 4.69) is 59.1 Å². The minimum atomic E-state index is -0.610. The molecule has 118 valence electrons. The van der Waals surface area contributed by atoms with Crippen LogP contribution in [-0.2, 0) is 0 Å². The van der Waals surface area contributed by atoms with Crippen molar-refractivity contribution < 1.29 is 4.79 Å². The van der Waals surface area contributed by atoms with Crippen molar-refractivity contribution in [1.82, 2.24) is 5.43 Å². The molecule has 2 aromatic carbocycles. The van der Waals surface area contributed by atoms with Gasteiger partial charge in [-0.25, -0.2) is 0 Å². The van der Waals surface area contributed by atoms with Crippen molar-refractivity contribution in [3.05, 3.63) is 71.8 Å². The molecule has 3 rings (SSSR count). The second-order valence-corrected chi connectivity index (χ2v) is 8.46. The molecule has 5 heteroatoms. The van der Waals surface area contributed by atoms with Crippen LogP contribution in [0.5, 0.6) is 0 Å². The van der Waals surface area contributed by atoms with Crippen molar-refractivity contribution in [1.29, 1.82) is 0 Å². The number of nitrogens with two attached hydrogens (primary N) is 1. The third-order valence-electron chi connectivity index (χ3n) is 3.84. The predicted molar refractivity (Wildman–Crippen MR) is 93.5 cm³/mol. The van der Waals surface area contributed by atoms with Gasteiger partial charge in [-0.2, -0.15) is 0 Å². The number of primary amides is 1. The monoisotopic (exact) mass is 373 g/mol. The zero-order chi connectivity index (χ0) is 16.1. The quantitative estimate of drug-likeness (QED) is 0.631. The van der Waals surface area contributed by atoms with Gasteiger partial charge >= 0.3 is 142 Å². The normalized spacial score (nSPS) is 22.7. The van der Waals surface area contributed by atoms with Gasteiger partial charge < -0.3 is 0 Å². The summed E-state index contributed by atoms with van der Waals surface area (Å²) < 4.78 is 0. The van der Waals surface area contributed by atoms with Crippen molar-refractivity contribution in [2.75, 3.05) is 0 Å². The van der Waals surface area contributed by atoms with Crippen LogP contribution < -0.4 is 11.2 Å². The molecule has 0 aliphatic carbocycles. The Bertz CT molecular complexity index is 638. The van der Waals surface area contributed by atoms with E-state index < -0.39 is 6.03 Å². The summed E-state index contributed by atoms with van der Waals surface area (Å²) in [5.41, 5.74) is 11.2. The van der Waals surface area contributed by atoms with E-state index in [0.29, 0.717) is 24.6 Å². The van der Waals surface area contributed by atoms with Gasteiger partial charge in [-0.15, -0.1) is 0 Å². The molecule has 2 aromatic rings. The maximum atomic E-state index is 11.0. The maximum absolute atomic E-state index is 11.0. The number of amides is 2. The van der Waals surface area contributed by atoms with E-state index in [9.17, 15) is 4.79 Å². The number of urea groups is 1. The Hall–Kier alpha value is -2.10. The Morgan fingerprint density at radius 3 is 1.87 bits per heavy atom. The van der Waals surface area contributed by atoms with E-state index in [1.165, 1.54) is 11.1 Å². The molecular weight excluding hydrogens is 353 g/mol. The number of carbonyl (C=O) groups is 1. The van der Waals surface area contributed by atoms with Gasteiger partial charge in [-0.05, 0) is 0 Å². The average Bonchev–Trinajstić information content (AvgIpc) is 2.61. The van der Waals surface area contributed by atoms with Gasteiger partial charge in [-0.3, -0.25) is 0 Å². The summed E-state index contributed by atoms with van der Waals surface area (Å²) in [6, 6.07) is 20.5. The first kappa shape index (κ1) is 15.8. The number of nitrogens with zero attached hydrogens (tertiary/aromatic N) is 1. The first-order chi connectivity index (χ1) is 11.2. The molecule has 1 heterocycles. The second kappa shape index (κ2) is 7.44.